The van der Waals surface area contributed by atoms with Gasteiger partial charge in [0.1, 0.15) is 6.33 Å². The van der Waals surface area contributed by atoms with Crippen LogP contribution in [-0.4, -0.2) is 45.1 Å². The third-order valence-electron chi connectivity index (χ3n) is 4.07. The Bertz CT molecular complexity index is 892. The average Bonchev–Trinajstić information content (AvgIpc) is 3.36. The van der Waals surface area contributed by atoms with Crippen LogP contribution in [0.5, 0.6) is 0 Å². The van der Waals surface area contributed by atoms with Crippen molar-refractivity contribution in [3.8, 4) is 11.3 Å². The molecule has 0 unspecified atom stereocenters. The molecule has 2 heterocycles. The Hall–Kier alpha value is -2.23. The minimum atomic E-state index is -0.112. The SMILES string of the molecule is CCc1ccc(-c2csc(NC(=O)CSc3nncn3CCCOC)n2)cc1. The highest BCUT2D eigenvalue weighted by Gasteiger charge is 2.11. The Morgan fingerprint density at radius 2 is 2.14 bits per heavy atom. The first kappa shape index (κ1) is 20.5. The third-order valence-corrected chi connectivity index (χ3v) is 5.81. The topological polar surface area (TPSA) is 81.9 Å². The van der Waals surface area contributed by atoms with Gasteiger partial charge < -0.3 is 14.6 Å². The van der Waals surface area contributed by atoms with Gasteiger partial charge >= 0.3 is 0 Å². The smallest absolute Gasteiger partial charge is 0.236 e. The first-order valence-corrected chi connectivity index (χ1v) is 10.9. The molecule has 1 N–H and O–H groups in total. The molecule has 1 aromatic carbocycles. The second kappa shape index (κ2) is 10.4. The van der Waals surface area contributed by atoms with Crippen molar-refractivity contribution in [3.05, 3.63) is 41.5 Å². The van der Waals surface area contributed by atoms with Gasteiger partial charge in [0.15, 0.2) is 10.3 Å². The highest BCUT2D eigenvalue weighted by atomic mass is 32.2. The Labute approximate surface area is 172 Å². The summed E-state index contributed by atoms with van der Waals surface area (Å²) in [5.41, 5.74) is 3.21. The number of amides is 1. The van der Waals surface area contributed by atoms with E-state index in [9.17, 15) is 4.79 Å². The number of thioether (sulfide) groups is 1. The lowest BCUT2D eigenvalue weighted by Crippen LogP contribution is -2.14. The number of ether oxygens (including phenoxy) is 1. The molecule has 2 aromatic heterocycles. The van der Waals surface area contributed by atoms with E-state index in [1.807, 2.05) is 9.95 Å². The van der Waals surface area contributed by atoms with Crippen LogP contribution in [0.25, 0.3) is 11.3 Å². The maximum Gasteiger partial charge on any atom is 0.236 e. The molecule has 3 aromatic rings. The second-order valence-electron chi connectivity index (χ2n) is 6.08. The molecule has 0 aliphatic rings. The number of aromatic nitrogens is 4. The van der Waals surface area contributed by atoms with E-state index in [0.717, 1.165) is 35.8 Å². The van der Waals surface area contributed by atoms with Crippen LogP contribution in [0, 0.1) is 0 Å². The molecule has 148 valence electrons. The van der Waals surface area contributed by atoms with Crippen LogP contribution in [0.1, 0.15) is 18.9 Å². The van der Waals surface area contributed by atoms with Crippen molar-refractivity contribution in [1.82, 2.24) is 19.7 Å². The van der Waals surface area contributed by atoms with Crippen molar-refractivity contribution >= 4 is 34.1 Å². The molecule has 28 heavy (non-hydrogen) atoms. The summed E-state index contributed by atoms with van der Waals surface area (Å²) in [6.45, 7) is 3.57. The predicted octanol–water partition coefficient (Wildman–Crippen LogP) is 3.73. The van der Waals surface area contributed by atoms with Crippen LogP contribution in [0.2, 0.25) is 0 Å². The molecule has 7 nitrogen and oxygen atoms in total. The largest absolute Gasteiger partial charge is 0.385 e. The second-order valence-corrected chi connectivity index (χ2v) is 7.88. The average molecular weight is 418 g/mol. The van der Waals surface area contributed by atoms with Crippen molar-refractivity contribution in [1.29, 1.82) is 0 Å². The summed E-state index contributed by atoms with van der Waals surface area (Å²) < 4.78 is 6.99. The quantitative estimate of drug-likeness (QED) is 0.400. The molecule has 9 heteroatoms. The number of aryl methyl sites for hydroxylation is 2. The highest BCUT2D eigenvalue weighted by molar-refractivity contribution is 7.99. The van der Waals surface area contributed by atoms with Gasteiger partial charge in [-0.15, -0.1) is 21.5 Å². The van der Waals surface area contributed by atoms with Crippen molar-refractivity contribution in [2.24, 2.45) is 0 Å². The minimum Gasteiger partial charge on any atom is -0.385 e. The number of hydrogen-bond acceptors (Lipinski definition) is 7. The lowest BCUT2D eigenvalue weighted by atomic mass is 10.1. The van der Waals surface area contributed by atoms with E-state index in [0.29, 0.717) is 11.7 Å². The normalized spacial score (nSPS) is 10.9. The van der Waals surface area contributed by atoms with Crippen LogP contribution in [0.15, 0.2) is 41.1 Å². The van der Waals surface area contributed by atoms with Gasteiger partial charge in [-0.25, -0.2) is 4.98 Å². The molecule has 0 aliphatic heterocycles. The highest BCUT2D eigenvalue weighted by Crippen LogP contribution is 2.25. The molecule has 0 saturated carbocycles. The number of nitrogens with zero attached hydrogens (tertiary/aromatic N) is 4. The number of rotatable bonds is 10. The van der Waals surface area contributed by atoms with Gasteiger partial charge in [0, 0.05) is 31.2 Å². The van der Waals surface area contributed by atoms with E-state index >= 15 is 0 Å². The number of benzene rings is 1. The summed E-state index contributed by atoms with van der Waals surface area (Å²) in [5, 5.41) is 14.1. The van der Waals surface area contributed by atoms with E-state index in [4.69, 9.17) is 4.74 Å². The molecule has 0 bridgehead atoms. The Balaban J connectivity index is 1.51. The fourth-order valence-electron chi connectivity index (χ4n) is 2.55. The number of methoxy groups -OCH3 is 1. The zero-order chi connectivity index (χ0) is 19.8. The van der Waals surface area contributed by atoms with Gasteiger partial charge in [-0.1, -0.05) is 43.0 Å². The van der Waals surface area contributed by atoms with E-state index in [-0.39, 0.29) is 11.7 Å². The van der Waals surface area contributed by atoms with Gasteiger partial charge in [0.25, 0.3) is 0 Å². The van der Waals surface area contributed by atoms with Crippen LogP contribution >= 0.6 is 23.1 Å². The summed E-state index contributed by atoms with van der Waals surface area (Å²) in [6, 6.07) is 8.33. The van der Waals surface area contributed by atoms with E-state index in [1.165, 1.54) is 28.7 Å². The lowest BCUT2D eigenvalue weighted by molar-refractivity contribution is -0.113. The zero-order valence-electron chi connectivity index (χ0n) is 15.9. The van der Waals surface area contributed by atoms with Crippen LogP contribution < -0.4 is 5.32 Å². The zero-order valence-corrected chi connectivity index (χ0v) is 17.6. The predicted molar refractivity (Wildman–Crippen MR) is 113 cm³/mol. The lowest BCUT2D eigenvalue weighted by Gasteiger charge is -2.05. The summed E-state index contributed by atoms with van der Waals surface area (Å²) in [5.74, 6) is 0.141. The number of thiazole rings is 1. The van der Waals surface area contributed by atoms with E-state index in [2.05, 4.69) is 51.7 Å². The monoisotopic (exact) mass is 417 g/mol. The Morgan fingerprint density at radius 1 is 1.32 bits per heavy atom. The fraction of sp³-hybridized carbons (Fsp3) is 0.368. The van der Waals surface area contributed by atoms with Crippen molar-refractivity contribution in [2.75, 3.05) is 24.8 Å². The molecule has 0 fully saturated rings. The summed E-state index contributed by atoms with van der Waals surface area (Å²) in [4.78, 5) is 16.8. The maximum absolute atomic E-state index is 12.3. The molecule has 3 rings (SSSR count). The van der Waals surface area contributed by atoms with Crippen LogP contribution in [0.3, 0.4) is 0 Å². The molecule has 0 spiro atoms. The summed E-state index contributed by atoms with van der Waals surface area (Å²) >= 11 is 2.78. The molecule has 0 aliphatic carbocycles. The first-order valence-electron chi connectivity index (χ1n) is 9.03. The van der Waals surface area contributed by atoms with E-state index < -0.39 is 0 Å². The minimum absolute atomic E-state index is 0.112. The maximum atomic E-state index is 12.3. The van der Waals surface area contributed by atoms with E-state index in [1.54, 1.807) is 13.4 Å². The van der Waals surface area contributed by atoms with Gasteiger partial charge in [0.05, 0.1) is 11.4 Å². The van der Waals surface area contributed by atoms with Crippen molar-refractivity contribution in [3.63, 3.8) is 0 Å². The number of carbonyl (C=O) groups is 1. The number of nitrogens with one attached hydrogen (secondary N) is 1. The van der Waals surface area contributed by atoms with Gasteiger partial charge in [-0.2, -0.15) is 0 Å². The summed E-state index contributed by atoms with van der Waals surface area (Å²) in [6.07, 6.45) is 3.55. The van der Waals surface area contributed by atoms with Crippen LogP contribution in [0.4, 0.5) is 5.13 Å². The molecule has 0 saturated heterocycles. The Kier molecular flexibility index (Phi) is 7.58. The van der Waals surface area contributed by atoms with Crippen molar-refractivity contribution in [2.45, 2.75) is 31.5 Å². The van der Waals surface area contributed by atoms with Gasteiger partial charge in [-0.05, 0) is 18.4 Å². The van der Waals surface area contributed by atoms with Crippen molar-refractivity contribution < 1.29 is 9.53 Å². The number of carbonyl (C=O) groups excluding carboxylic acids is 1. The first-order chi connectivity index (χ1) is 13.7. The molecule has 0 radical (unpaired) electrons. The Morgan fingerprint density at radius 3 is 2.89 bits per heavy atom. The standard InChI is InChI=1S/C19H23N5O2S2/c1-3-14-5-7-15(8-6-14)16-11-27-18(21-16)22-17(25)12-28-19-23-20-13-24(19)9-4-10-26-2/h5-8,11,13H,3-4,9-10,12H2,1-2H3,(H,21,22,25). The van der Waals surface area contributed by atoms with Crippen LogP contribution in [-0.2, 0) is 22.5 Å². The fourth-order valence-corrected chi connectivity index (χ4v) is 4.03. The molecular weight excluding hydrogens is 394 g/mol. The molecule has 1 amide bonds. The number of hydrogen-bond donors (Lipinski definition) is 1. The van der Waals surface area contributed by atoms with Gasteiger partial charge in [-0.3, -0.25) is 4.79 Å². The third kappa shape index (κ3) is 5.63. The number of anilines is 1. The molecule has 0 atom stereocenters. The van der Waals surface area contributed by atoms with Gasteiger partial charge in [0.2, 0.25) is 5.91 Å². The summed E-state index contributed by atoms with van der Waals surface area (Å²) in [7, 11) is 1.68. The molecular formula is C19H23N5O2S2.